The lowest BCUT2D eigenvalue weighted by Gasteiger charge is -2.27. The Balaban J connectivity index is 5.53. The highest BCUT2D eigenvalue weighted by Gasteiger charge is 2.33. The van der Waals surface area contributed by atoms with E-state index in [2.05, 4.69) is 10.6 Å². The molecule has 0 saturated heterocycles. The summed E-state index contributed by atoms with van der Waals surface area (Å²) in [7, 11) is 0. The van der Waals surface area contributed by atoms with Crippen molar-refractivity contribution < 1.29 is 39.0 Å². The summed E-state index contributed by atoms with van der Waals surface area (Å²) >= 11 is 0. The van der Waals surface area contributed by atoms with Gasteiger partial charge < -0.3 is 37.6 Å². The first kappa shape index (κ1) is 26.8. The van der Waals surface area contributed by atoms with E-state index in [1.807, 2.05) is 5.32 Å². The molecule has 9 N–H and O–H groups in total. The Labute approximate surface area is 172 Å². The van der Waals surface area contributed by atoms with Crippen LogP contribution in [0.4, 0.5) is 0 Å². The first-order valence-electron chi connectivity index (χ1n) is 9.19. The Morgan fingerprint density at radius 2 is 1.37 bits per heavy atom. The van der Waals surface area contributed by atoms with E-state index in [0.717, 1.165) is 0 Å². The predicted octanol–water partition coefficient (Wildman–Crippen LogP) is -2.73. The fourth-order valence-corrected chi connectivity index (χ4v) is 2.31. The fourth-order valence-electron chi connectivity index (χ4n) is 2.31. The van der Waals surface area contributed by atoms with E-state index < -0.39 is 72.6 Å². The number of nitrogens with two attached hydrogens (primary N) is 2. The van der Waals surface area contributed by atoms with Crippen LogP contribution in [0, 0.1) is 5.92 Å². The van der Waals surface area contributed by atoms with Crippen LogP contribution in [0.25, 0.3) is 0 Å². The van der Waals surface area contributed by atoms with Crippen molar-refractivity contribution in [1.29, 1.82) is 0 Å². The molecule has 0 spiro atoms. The zero-order valence-corrected chi connectivity index (χ0v) is 17.0. The highest BCUT2D eigenvalue weighted by Crippen LogP contribution is 2.09. The van der Waals surface area contributed by atoms with Crippen LogP contribution in [0.15, 0.2) is 0 Å². The average Bonchev–Trinajstić information content (AvgIpc) is 2.62. The molecule has 0 bridgehead atoms. The Bertz CT molecular complexity index is 681. The third kappa shape index (κ3) is 9.32. The van der Waals surface area contributed by atoms with Gasteiger partial charge in [0.05, 0.1) is 18.9 Å². The highest BCUT2D eigenvalue weighted by atomic mass is 16.4. The summed E-state index contributed by atoms with van der Waals surface area (Å²) in [5.41, 5.74) is 10.6. The minimum Gasteiger partial charge on any atom is -0.481 e. The van der Waals surface area contributed by atoms with Gasteiger partial charge in [0.2, 0.25) is 23.6 Å². The summed E-state index contributed by atoms with van der Waals surface area (Å²) in [4.78, 5) is 70.2. The molecule has 30 heavy (non-hydrogen) atoms. The van der Waals surface area contributed by atoms with Gasteiger partial charge in [-0.15, -0.1) is 0 Å². The minimum absolute atomic E-state index is 0.372. The lowest BCUT2D eigenvalue weighted by Crippen LogP contribution is -2.59. The smallest absolute Gasteiger partial charge is 0.326 e. The van der Waals surface area contributed by atoms with Crippen molar-refractivity contribution in [3.63, 3.8) is 0 Å². The van der Waals surface area contributed by atoms with E-state index in [1.165, 1.54) is 6.92 Å². The normalized spacial score (nSPS) is 15.6. The summed E-state index contributed by atoms with van der Waals surface area (Å²) in [6, 6.07) is -5.36. The van der Waals surface area contributed by atoms with Gasteiger partial charge in [0.1, 0.15) is 18.1 Å². The number of carbonyl (C=O) groups excluding carboxylic acids is 4. The van der Waals surface area contributed by atoms with Crippen molar-refractivity contribution in [3.05, 3.63) is 0 Å². The molecule has 5 unspecified atom stereocenters. The monoisotopic (exact) mass is 431 g/mol. The van der Waals surface area contributed by atoms with E-state index >= 15 is 0 Å². The molecular weight excluding hydrogens is 402 g/mol. The second-order valence-corrected chi connectivity index (χ2v) is 6.89. The molecule has 0 aliphatic rings. The predicted molar refractivity (Wildman–Crippen MR) is 103 cm³/mol. The van der Waals surface area contributed by atoms with E-state index in [4.69, 9.17) is 21.7 Å². The molecule has 170 valence electrons. The zero-order chi connectivity index (χ0) is 23.6. The molecule has 0 saturated carbocycles. The molecule has 0 aromatic rings. The summed E-state index contributed by atoms with van der Waals surface area (Å²) in [6.07, 6.45) is -1.12. The van der Waals surface area contributed by atoms with Crippen LogP contribution in [0.3, 0.4) is 0 Å². The van der Waals surface area contributed by atoms with Gasteiger partial charge in [-0.2, -0.15) is 0 Å². The van der Waals surface area contributed by atoms with Crippen molar-refractivity contribution in [2.24, 2.45) is 17.4 Å². The van der Waals surface area contributed by atoms with Gasteiger partial charge in [0, 0.05) is 0 Å². The van der Waals surface area contributed by atoms with Gasteiger partial charge in [-0.05, 0) is 12.8 Å². The largest absolute Gasteiger partial charge is 0.481 e. The van der Waals surface area contributed by atoms with Gasteiger partial charge >= 0.3 is 11.9 Å². The standard InChI is InChI=1S/C17H29N5O8/c1-4-7(2)13(22-14(26)8(3)18)16(28)20-9(5-11(19)23)15(27)21-10(17(29)30)6-12(24)25/h7-10,13H,4-6,18H2,1-3H3,(H2,19,23)(H,20,28)(H,21,27)(H,22,26)(H,24,25)(H,29,30). The number of nitrogens with one attached hydrogen (secondary N) is 3. The number of carboxylic acids is 2. The van der Waals surface area contributed by atoms with E-state index in [-0.39, 0.29) is 5.92 Å². The zero-order valence-electron chi connectivity index (χ0n) is 17.0. The highest BCUT2D eigenvalue weighted by molar-refractivity contribution is 5.96. The van der Waals surface area contributed by atoms with Gasteiger partial charge in [0.25, 0.3) is 0 Å². The third-order valence-corrected chi connectivity index (χ3v) is 4.24. The first-order chi connectivity index (χ1) is 13.8. The lowest BCUT2D eigenvalue weighted by molar-refractivity contribution is -0.147. The number of hydrogen-bond acceptors (Lipinski definition) is 7. The van der Waals surface area contributed by atoms with Crippen molar-refractivity contribution in [1.82, 2.24) is 16.0 Å². The molecule has 0 fully saturated rings. The molecule has 0 radical (unpaired) electrons. The Hall–Kier alpha value is -3.22. The molecule has 0 aliphatic heterocycles. The number of carbonyl (C=O) groups is 6. The number of carboxylic acid groups (broad SMARTS) is 2. The maximum absolute atomic E-state index is 12.7. The maximum Gasteiger partial charge on any atom is 0.326 e. The van der Waals surface area contributed by atoms with Gasteiger partial charge in [-0.3, -0.25) is 24.0 Å². The lowest BCUT2D eigenvalue weighted by atomic mass is 9.97. The van der Waals surface area contributed by atoms with Crippen LogP contribution in [0.1, 0.15) is 40.0 Å². The average molecular weight is 431 g/mol. The summed E-state index contributed by atoms with van der Waals surface area (Å²) in [6.45, 7) is 4.85. The summed E-state index contributed by atoms with van der Waals surface area (Å²) in [5.74, 6) is -6.98. The Kier molecular flexibility index (Phi) is 11.0. The molecule has 0 aromatic heterocycles. The van der Waals surface area contributed by atoms with E-state index in [1.54, 1.807) is 13.8 Å². The van der Waals surface area contributed by atoms with Crippen molar-refractivity contribution >= 4 is 35.6 Å². The fraction of sp³-hybridized carbons (Fsp3) is 0.647. The number of hydrogen-bond donors (Lipinski definition) is 7. The molecule has 0 aliphatic carbocycles. The molecule has 0 aromatic carbocycles. The summed E-state index contributed by atoms with van der Waals surface area (Å²) in [5, 5.41) is 24.5. The molecule has 0 heterocycles. The van der Waals surface area contributed by atoms with Gasteiger partial charge in [-0.25, -0.2) is 4.79 Å². The maximum atomic E-state index is 12.7. The molecule has 5 atom stereocenters. The number of rotatable bonds is 13. The quantitative estimate of drug-likeness (QED) is 0.160. The molecule has 4 amide bonds. The first-order valence-corrected chi connectivity index (χ1v) is 9.19. The van der Waals surface area contributed by atoms with Gasteiger partial charge in [-0.1, -0.05) is 20.3 Å². The topological polar surface area (TPSA) is 231 Å². The summed E-state index contributed by atoms with van der Waals surface area (Å²) < 4.78 is 0. The number of primary amides is 1. The third-order valence-electron chi connectivity index (χ3n) is 4.24. The van der Waals surface area contributed by atoms with Crippen LogP contribution >= 0.6 is 0 Å². The number of aliphatic carboxylic acids is 2. The van der Waals surface area contributed by atoms with Gasteiger partial charge in [0.15, 0.2) is 0 Å². The number of amides is 4. The van der Waals surface area contributed by atoms with Crippen molar-refractivity contribution in [2.75, 3.05) is 0 Å². The Morgan fingerprint density at radius 3 is 1.77 bits per heavy atom. The molecular formula is C17H29N5O8. The second kappa shape index (κ2) is 12.4. The Morgan fingerprint density at radius 1 is 0.833 bits per heavy atom. The molecule has 13 heteroatoms. The minimum atomic E-state index is -1.79. The second-order valence-electron chi connectivity index (χ2n) is 6.89. The molecule has 13 nitrogen and oxygen atoms in total. The van der Waals surface area contributed by atoms with Crippen LogP contribution in [0.2, 0.25) is 0 Å². The van der Waals surface area contributed by atoms with Crippen molar-refractivity contribution in [2.45, 2.75) is 64.2 Å². The van der Waals surface area contributed by atoms with E-state index in [9.17, 15) is 28.8 Å². The van der Waals surface area contributed by atoms with Crippen molar-refractivity contribution in [3.8, 4) is 0 Å². The van der Waals surface area contributed by atoms with Crippen LogP contribution in [-0.2, 0) is 28.8 Å². The van der Waals surface area contributed by atoms with E-state index in [0.29, 0.717) is 6.42 Å². The van der Waals surface area contributed by atoms with Crippen LogP contribution < -0.4 is 27.4 Å². The van der Waals surface area contributed by atoms with Crippen LogP contribution in [-0.4, -0.2) is 69.9 Å². The molecule has 0 rings (SSSR count). The van der Waals surface area contributed by atoms with Crippen LogP contribution in [0.5, 0.6) is 0 Å². The SMILES string of the molecule is CCC(C)C(NC(=O)C(C)N)C(=O)NC(CC(N)=O)C(=O)NC(CC(=O)O)C(=O)O.